The number of nitrogens with one attached hydrogen (secondary N) is 5. The van der Waals surface area contributed by atoms with Crippen molar-refractivity contribution in [1.29, 1.82) is 0 Å². The maximum atomic E-state index is 13.3. The number of halogens is 3. The Balaban J connectivity index is 0.00000407. The molecule has 0 heterocycles. The molecule has 0 aromatic heterocycles. The van der Waals surface area contributed by atoms with Crippen LogP contribution in [0.1, 0.15) is 99.5 Å². The summed E-state index contributed by atoms with van der Waals surface area (Å²) in [6.07, 6.45) is -4.09. The molecule has 0 bridgehead atoms. The Hall–Kier alpha value is -5.30. The molecule has 20 heteroatoms. The second-order valence-electron chi connectivity index (χ2n) is 15.1. The Morgan fingerprint density at radius 1 is 0.719 bits per heavy atom. The lowest BCUT2D eigenvalue weighted by Gasteiger charge is -2.26. The first-order chi connectivity index (χ1) is 26.2. The van der Waals surface area contributed by atoms with Gasteiger partial charge in [-0.05, 0) is 91.5 Å². The number of carbonyl (C=O) groups is 7. The highest BCUT2D eigenvalue weighted by Gasteiger charge is 2.38. The lowest BCUT2D eigenvalue weighted by atomic mass is 10.0. The minimum atomic E-state index is -5.08. The van der Waals surface area contributed by atoms with Crippen molar-refractivity contribution in [2.24, 2.45) is 11.7 Å². The number of hydrogen-bond donors (Lipinski definition) is 7. The van der Waals surface area contributed by atoms with Crippen LogP contribution in [0.2, 0.25) is 0 Å². The molecule has 0 aliphatic carbocycles. The number of amides is 6. The number of nitrogens with two attached hydrogens (primary N) is 1. The van der Waals surface area contributed by atoms with Crippen LogP contribution >= 0.6 is 0 Å². The highest BCUT2D eigenvalue weighted by molar-refractivity contribution is 5.92. The molecule has 1 aromatic carbocycles. The van der Waals surface area contributed by atoms with E-state index < -0.39 is 77.5 Å². The minimum absolute atomic E-state index is 0.123. The van der Waals surface area contributed by atoms with E-state index in [1.54, 1.807) is 55.4 Å². The van der Waals surface area contributed by atoms with Gasteiger partial charge in [-0.25, -0.2) is 24.0 Å². The first-order valence-corrected chi connectivity index (χ1v) is 18.3. The van der Waals surface area contributed by atoms with Crippen LogP contribution < -0.4 is 32.3 Å². The Morgan fingerprint density at radius 3 is 1.65 bits per heavy atom. The molecule has 17 nitrogen and oxygen atoms in total. The van der Waals surface area contributed by atoms with Gasteiger partial charge in [0.05, 0.1) is 0 Å². The van der Waals surface area contributed by atoms with Crippen molar-refractivity contribution in [2.45, 2.75) is 136 Å². The van der Waals surface area contributed by atoms with Gasteiger partial charge in [-0.2, -0.15) is 13.2 Å². The second-order valence-corrected chi connectivity index (χ2v) is 15.1. The average Bonchev–Trinajstić information content (AvgIpc) is 3.06. The molecule has 3 atom stereocenters. The van der Waals surface area contributed by atoms with Gasteiger partial charge in [-0.15, -0.1) is 0 Å². The summed E-state index contributed by atoms with van der Waals surface area (Å²) in [5.74, 6) is -5.07. The van der Waals surface area contributed by atoms with Gasteiger partial charge in [0.1, 0.15) is 35.9 Å². The Labute approximate surface area is 331 Å². The molecular formula is C37H59F3N6O11. The predicted molar refractivity (Wildman–Crippen MR) is 201 cm³/mol. The number of carbonyl (C=O) groups excluding carboxylic acids is 6. The molecular weight excluding hydrogens is 761 g/mol. The molecule has 6 amide bonds. The summed E-state index contributed by atoms with van der Waals surface area (Å²) in [7, 11) is 0. The third-order valence-electron chi connectivity index (χ3n) is 7.12. The fraction of sp³-hybridized carbons (Fsp3) is 0.649. The van der Waals surface area contributed by atoms with Gasteiger partial charge >= 0.3 is 36.3 Å². The number of ether oxygens (including phenoxy) is 3. The zero-order chi connectivity index (χ0) is 44.0. The first-order valence-electron chi connectivity index (χ1n) is 18.3. The largest absolute Gasteiger partial charge is 0.490 e. The number of rotatable bonds is 19. The van der Waals surface area contributed by atoms with E-state index >= 15 is 0 Å². The summed E-state index contributed by atoms with van der Waals surface area (Å²) in [5, 5.41) is 20.3. The maximum Gasteiger partial charge on any atom is 0.490 e. The van der Waals surface area contributed by atoms with E-state index in [0.717, 1.165) is 5.56 Å². The van der Waals surface area contributed by atoms with Crippen LogP contribution in [0.15, 0.2) is 30.3 Å². The van der Waals surface area contributed by atoms with Crippen molar-refractivity contribution >= 4 is 42.0 Å². The molecule has 0 spiro atoms. The van der Waals surface area contributed by atoms with Crippen molar-refractivity contribution < 1.29 is 66.1 Å². The molecule has 1 aromatic rings. The standard InChI is InChI=1S/C35H58N6O9.C2HF3O2/c1-23(2)27(28(36)42)41-29(43)25(18-12-14-20-37-32(46)48-22-24-16-10-9-11-17-24)39-31(45)40-26(30(44)49-34(3,4)5)19-13-15-21-38-33(47)50-35(6,7)8;3-2(4,5)1(6)7/h9-11,16-17,23,25-27H,12-15,18-22H2,1-8H3,(H2,36,42)(H,37,46)(H,38,47)(H,41,43)(H2,39,40,45);(H,6,7)/t25-,26+,27+;/m1./s1. The zero-order valence-corrected chi connectivity index (χ0v) is 33.8. The smallest absolute Gasteiger partial charge is 0.475 e. The van der Waals surface area contributed by atoms with Gasteiger partial charge in [0.25, 0.3) is 0 Å². The highest BCUT2D eigenvalue weighted by Crippen LogP contribution is 2.14. The molecule has 324 valence electrons. The van der Waals surface area contributed by atoms with Crippen LogP contribution in [0.25, 0.3) is 0 Å². The van der Waals surface area contributed by atoms with E-state index in [2.05, 4.69) is 26.6 Å². The van der Waals surface area contributed by atoms with E-state index in [1.165, 1.54) is 0 Å². The van der Waals surface area contributed by atoms with Crippen LogP contribution in [0, 0.1) is 5.92 Å². The molecule has 8 N–H and O–H groups in total. The molecule has 0 aliphatic rings. The number of hydrogen-bond acceptors (Lipinski definition) is 10. The Bertz CT molecular complexity index is 1450. The molecule has 0 fully saturated rings. The van der Waals surface area contributed by atoms with Crippen LogP contribution in [0.3, 0.4) is 0 Å². The molecule has 0 saturated carbocycles. The van der Waals surface area contributed by atoms with Crippen LogP contribution in [-0.2, 0) is 40.0 Å². The van der Waals surface area contributed by atoms with Gasteiger partial charge in [-0.3, -0.25) is 9.59 Å². The molecule has 1 rings (SSSR count). The normalized spacial score (nSPS) is 13.0. The van der Waals surface area contributed by atoms with Crippen LogP contribution in [0.5, 0.6) is 0 Å². The number of alkyl carbamates (subject to hydrolysis) is 2. The van der Waals surface area contributed by atoms with Crippen molar-refractivity contribution in [2.75, 3.05) is 13.1 Å². The van der Waals surface area contributed by atoms with Crippen LogP contribution in [-0.4, -0.2) is 95.7 Å². The van der Waals surface area contributed by atoms with Gasteiger partial charge < -0.3 is 51.6 Å². The molecule has 0 unspecified atom stereocenters. The fourth-order valence-corrected chi connectivity index (χ4v) is 4.49. The fourth-order valence-electron chi connectivity index (χ4n) is 4.49. The molecule has 0 radical (unpaired) electrons. The highest BCUT2D eigenvalue weighted by atomic mass is 19.4. The van der Waals surface area contributed by atoms with E-state index in [9.17, 15) is 41.9 Å². The second kappa shape index (κ2) is 25.1. The van der Waals surface area contributed by atoms with Gasteiger partial charge in [-0.1, -0.05) is 44.2 Å². The lowest BCUT2D eigenvalue weighted by molar-refractivity contribution is -0.192. The van der Waals surface area contributed by atoms with E-state index in [0.29, 0.717) is 32.2 Å². The van der Waals surface area contributed by atoms with E-state index in [1.807, 2.05) is 30.3 Å². The molecule has 0 aliphatic heterocycles. The number of esters is 1. The summed E-state index contributed by atoms with van der Waals surface area (Å²) in [4.78, 5) is 84.4. The third kappa shape index (κ3) is 26.2. The summed E-state index contributed by atoms with van der Waals surface area (Å²) in [5.41, 5.74) is 4.88. The molecule has 57 heavy (non-hydrogen) atoms. The first kappa shape index (κ1) is 51.7. The summed E-state index contributed by atoms with van der Waals surface area (Å²) in [6.45, 7) is 14.5. The van der Waals surface area contributed by atoms with E-state index in [-0.39, 0.29) is 31.9 Å². The SMILES string of the molecule is CC(C)[C@H](NC(=O)[C@@H](CCCCNC(=O)OCc1ccccc1)NC(=O)N[C@@H](CCCCNC(=O)OC(C)(C)C)C(=O)OC(C)(C)C)C(N)=O.O=C(O)C(F)(F)F. The Morgan fingerprint density at radius 2 is 1.19 bits per heavy atom. The van der Waals surface area contributed by atoms with Gasteiger partial charge in [0.2, 0.25) is 11.8 Å². The monoisotopic (exact) mass is 820 g/mol. The minimum Gasteiger partial charge on any atom is -0.475 e. The third-order valence-corrected chi connectivity index (χ3v) is 7.12. The van der Waals surface area contributed by atoms with Crippen molar-refractivity contribution in [3.63, 3.8) is 0 Å². The number of benzene rings is 1. The number of carboxylic acid groups (broad SMARTS) is 1. The predicted octanol–water partition coefficient (Wildman–Crippen LogP) is 4.42. The van der Waals surface area contributed by atoms with Gasteiger partial charge in [0.15, 0.2) is 0 Å². The number of aliphatic carboxylic acids is 1. The number of urea groups is 1. The number of unbranched alkanes of at least 4 members (excludes halogenated alkanes) is 2. The van der Waals surface area contributed by atoms with E-state index in [4.69, 9.17) is 29.8 Å². The number of primary amides is 1. The summed E-state index contributed by atoms with van der Waals surface area (Å²) in [6, 6.07) is 5.31. The Kier molecular flexibility index (Phi) is 22.7. The molecule has 0 saturated heterocycles. The quantitative estimate of drug-likeness (QED) is 0.0585. The maximum absolute atomic E-state index is 13.3. The van der Waals surface area contributed by atoms with Crippen LogP contribution in [0.4, 0.5) is 27.6 Å². The average molecular weight is 821 g/mol. The summed E-state index contributed by atoms with van der Waals surface area (Å²) >= 11 is 0. The number of alkyl halides is 3. The van der Waals surface area contributed by atoms with Gasteiger partial charge in [0, 0.05) is 13.1 Å². The summed E-state index contributed by atoms with van der Waals surface area (Å²) < 4.78 is 47.7. The zero-order valence-electron chi connectivity index (χ0n) is 33.8. The van der Waals surface area contributed by atoms with Crippen molar-refractivity contribution in [3.8, 4) is 0 Å². The van der Waals surface area contributed by atoms with Crippen molar-refractivity contribution in [3.05, 3.63) is 35.9 Å². The topological polar surface area (TPSA) is 254 Å². The lowest BCUT2D eigenvalue weighted by Crippen LogP contribution is -2.57. The van der Waals surface area contributed by atoms with Crippen molar-refractivity contribution in [1.82, 2.24) is 26.6 Å². The number of carboxylic acids is 1.